The Morgan fingerprint density at radius 1 is 1.53 bits per heavy atom. The molecule has 0 aliphatic carbocycles. The lowest BCUT2D eigenvalue weighted by molar-refractivity contribution is 0.164. The van der Waals surface area contributed by atoms with Gasteiger partial charge in [-0.3, -0.25) is 0 Å². The summed E-state index contributed by atoms with van der Waals surface area (Å²) < 4.78 is 46.0. The van der Waals surface area contributed by atoms with E-state index in [1.807, 2.05) is 0 Å². The summed E-state index contributed by atoms with van der Waals surface area (Å²) in [5.74, 6) is 0. The van der Waals surface area contributed by atoms with Crippen molar-refractivity contribution in [1.29, 1.82) is 0 Å². The molecule has 2 rings (SSSR count). The molecule has 2 heterocycles. The quantitative estimate of drug-likeness (QED) is 0.757. The highest BCUT2D eigenvalue weighted by atomic mass is 32.2. The average molecular weight is 297 g/mol. The fourth-order valence-corrected chi connectivity index (χ4v) is 5.72. The van der Waals surface area contributed by atoms with Gasteiger partial charge in [0.15, 0.2) is 9.84 Å². The summed E-state index contributed by atoms with van der Waals surface area (Å²) in [7, 11) is -7.51. The van der Waals surface area contributed by atoms with Gasteiger partial charge in [-0.25, -0.2) is 22.0 Å². The van der Waals surface area contributed by atoms with Crippen LogP contribution in [0.25, 0.3) is 0 Å². The van der Waals surface area contributed by atoms with Gasteiger partial charge in [-0.05, 0) is 19.4 Å². The standard InChI is InChI=1S/C8H11NO5S3/c1-4-2-5(10)8-6(16(4,11)12)3-7(15-8)17(9,13)14/h3-5,10H,2H2,1H3,(H2,9,13,14). The van der Waals surface area contributed by atoms with Crippen LogP contribution in [0.4, 0.5) is 0 Å². The summed E-state index contributed by atoms with van der Waals surface area (Å²) in [6.07, 6.45) is -0.885. The van der Waals surface area contributed by atoms with E-state index in [2.05, 4.69) is 0 Å². The third-order valence-electron chi connectivity index (χ3n) is 2.68. The first-order chi connectivity index (χ1) is 7.64. The maximum atomic E-state index is 11.9. The van der Waals surface area contributed by atoms with E-state index in [1.54, 1.807) is 0 Å². The van der Waals surface area contributed by atoms with Crippen LogP contribution < -0.4 is 5.14 Å². The number of rotatable bonds is 1. The number of aliphatic hydroxyl groups is 1. The molecule has 6 nitrogen and oxygen atoms in total. The van der Waals surface area contributed by atoms with Crippen LogP contribution in [-0.2, 0) is 19.9 Å². The Morgan fingerprint density at radius 2 is 2.12 bits per heavy atom. The fraction of sp³-hybridized carbons (Fsp3) is 0.500. The predicted octanol–water partition coefficient (Wildman–Crippen LogP) is -0.00520. The van der Waals surface area contributed by atoms with Gasteiger partial charge >= 0.3 is 0 Å². The van der Waals surface area contributed by atoms with Crippen molar-refractivity contribution in [2.24, 2.45) is 5.14 Å². The third-order valence-corrected chi connectivity index (χ3v) is 7.67. The Morgan fingerprint density at radius 3 is 2.65 bits per heavy atom. The first kappa shape index (κ1) is 13.0. The highest BCUT2D eigenvalue weighted by Crippen LogP contribution is 2.42. The van der Waals surface area contributed by atoms with Gasteiger partial charge in [-0.1, -0.05) is 0 Å². The van der Waals surface area contributed by atoms with E-state index in [-0.39, 0.29) is 20.4 Å². The maximum Gasteiger partial charge on any atom is 0.247 e. The van der Waals surface area contributed by atoms with E-state index in [1.165, 1.54) is 6.92 Å². The minimum absolute atomic E-state index is 0.0694. The van der Waals surface area contributed by atoms with Gasteiger partial charge in [-0.15, -0.1) is 11.3 Å². The zero-order valence-electron chi connectivity index (χ0n) is 8.82. The van der Waals surface area contributed by atoms with Crippen LogP contribution in [0, 0.1) is 0 Å². The SMILES string of the molecule is CC1CC(O)c2sc(S(N)(=O)=O)cc2S1(=O)=O. The first-order valence-corrected chi connectivity index (χ1v) is 8.63. The molecule has 0 bridgehead atoms. The second-order valence-corrected chi connectivity index (χ2v) is 9.15. The van der Waals surface area contributed by atoms with Crippen molar-refractivity contribution in [3.05, 3.63) is 10.9 Å². The van der Waals surface area contributed by atoms with Crippen LogP contribution in [-0.4, -0.2) is 27.2 Å². The zero-order chi connectivity index (χ0) is 13.0. The molecule has 0 aromatic carbocycles. The zero-order valence-corrected chi connectivity index (χ0v) is 11.3. The molecule has 1 aliphatic rings. The van der Waals surface area contributed by atoms with Gasteiger partial charge < -0.3 is 5.11 Å². The van der Waals surface area contributed by atoms with Crippen LogP contribution >= 0.6 is 11.3 Å². The first-order valence-electron chi connectivity index (χ1n) is 4.72. The molecule has 0 fully saturated rings. The van der Waals surface area contributed by atoms with Gasteiger partial charge in [0, 0.05) is 0 Å². The fourth-order valence-electron chi connectivity index (χ4n) is 1.73. The molecule has 0 amide bonds. The summed E-state index contributed by atoms with van der Waals surface area (Å²) in [5, 5.41) is 14.0. The number of fused-ring (bicyclic) bond motifs is 1. The maximum absolute atomic E-state index is 11.9. The minimum Gasteiger partial charge on any atom is -0.387 e. The second kappa shape index (κ2) is 3.75. The van der Waals surface area contributed by atoms with E-state index in [4.69, 9.17) is 5.14 Å². The molecule has 9 heteroatoms. The molecule has 0 spiro atoms. The van der Waals surface area contributed by atoms with E-state index in [9.17, 15) is 21.9 Å². The Balaban J connectivity index is 2.73. The Hall–Kier alpha value is -0.480. The number of nitrogens with two attached hydrogens (primary N) is 1. The number of primary sulfonamides is 1. The van der Waals surface area contributed by atoms with Crippen molar-refractivity contribution in [1.82, 2.24) is 0 Å². The molecule has 1 aromatic rings. The molecule has 0 saturated carbocycles. The van der Waals surface area contributed by atoms with Crippen LogP contribution in [0.2, 0.25) is 0 Å². The Bertz CT molecular complexity index is 657. The van der Waals surface area contributed by atoms with Crippen LogP contribution in [0.3, 0.4) is 0 Å². The third kappa shape index (κ3) is 2.02. The number of sulfonamides is 1. The van der Waals surface area contributed by atoms with Crippen LogP contribution in [0.5, 0.6) is 0 Å². The molecule has 17 heavy (non-hydrogen) atoms. The highest BCUT2D eigenvalue weighted by molar-refractivity contribution is 7.93. The number of thiophene rings is 1. The van der Waals surface area contributed by atoms with Crippen molar-refractivity contribution in [2.45, 2.75) is 33.8 Å². The number of aliphatic hydroxyl groups excluding tert-OH is 1. The monoisotopic (exact) mass is 297 g/mol. The van der Waals surface area contributed by atoms with Gasteiger partial charge in [0.1, 0.15) is 4.21 Å². The number of hydrogen-bond acceptors (Lipinski definition) is 6. The van der Waals surface area contributed by atoms with Crippen molar-refractivity contribution in [3.8, 4) is 0 Å². The largest absolute Gasteiger partial charge is 0.387 e. The van der Waals surface area contributed by atoms with Crippen LogP contribution in [0.1, 0.15) is 24.3 Å². The number of sulfone groups is 1. The molecule has 0 radical (unpaired) electrons. The molecule has 1 aliphatic heterocycles. The van der Waals surface area contributed by atoms with Crippen molar-refractivity contribution < 1.29 is 21.9 Å². The molecule has 3 N–H and O–H groups in total. The topological polar surface area (TPSA) is 115 Å². The van der Waals surface area contributed by atoms with Gasteiger partial charge in [-0.2, -0.15) is 0 Å². The van der Waals surface area contributed by atoms with Gasteiger partial charge in [0.2, 0.25) is 10.0 Å². The van der Waals surface area contributed by atoms with Crippen molar-refractivity contribution >= 4 is 31.2 Å². The molecule has 1 aromatic heterocycles. The lowest BCUT2D eigenvalue weighted by Gasteiger charge is -2.22. The van der Waals surface area contributed by atoms with Crippen molar-refractivity contribution in [2.75, 3.05) is 0 Å². The second-order valence-electron chi connectivity index (χ2n) is 3.95. The van der Waals surface area contributed by atoms with Gasteiger partial charge in [0.05, 0.1) is 21.1 Å². The Kier molecular flexibility index (Phi) is 2.86. The molecular weight excluding hydrogens is 286 g/mol. The number of hydrogen-bond donors (Lipinski definition) is 2. The summed E-state index contributed by atoms with van der Waals surface area (Å²) in [4.78, 5) is 0.0462. The van der Waals surface area contributed by atoms with Crippen LogP contribution in [0.15, 0.2) is 15.2 Å². The predicted molar refractivity (Wildman–Crippen MR) is 61.9 cm³/mol. The summed E-state index contributed by atoms with van der Waals surface area (Å²) in [5.41, 5.74) is 0. The lowest BCUT2D eigenvalue weighted by Crippen LogP contribution is -2.26. The minimum atomic E-state index is -3.95. The van der Waals surface area contributed by atoms with Gasteiger partial charge in [0.25, 0.3) is 0 Å². The molecule has 2 atom stereocenters. The van der Waals surface area contributed by atoms with E-state index in [0.29, 0.717) is 11.3 Å². The van der Waals surface area contributed by atoms with E-state index < -0.39 is 31.2 Å². The molecule has 2 unspecified atom stereocenters. The lowest BCUT2D eigenvalue weighted by atomic mass is 10.1. The van der Waals surface area contributed by atoms with Crippen molar-refractivity contribution in [3.63, 3.8) is 0 Å². The molecule has 0 saturated heterocycles. The van der Waals surface area contributed by atoms with E-state index >= 15 is 0 Å². The van der Waals surface area contributed by atoms with E-state index in [0.717, 1.165) is 6.07 Å². The average Bonchev–Trinajstić information content (AvgIpc) is 2.59. The smallest absolute Gasteiger partial charge is 0.247 e. The summed E-state index contributed by atoms with van der Waals surface area (Å²) in [6, 6.07) is 1.03. The highest BCUT2D eigenvalue weighted by Gasteiger charge is 2.38. The summed E-state index contributed by atoms with van der Waals surface area (Å²) >= 11 is 0.713. The molecular formula is C8H11NO5S3. The normalized spacial score (nSPS) is 27.7. The summed E-state index contributed by atoms with van der Waals surface area (Å²) in [6.45, 7) is 1.48. The molecule has 96 valence electrons. The Labute approximate surface area is 103 Å².